The third-order valence-corrected chi connectivity index (χ3v) is 3.72. The van der Waals surface area contributed by atoms with Crippen molar-refractivity contribution in [2.45, 2.75) is 19.4 Å². The molecule has 110 valence electrons. The highest BCUT2D eigenvalue weighted by Gasteiger charge is 2.20. The normalized spacial score (nSPS) is 14.6. The lowest BCUT2D eigenvalue weighted by atomic mass is 9.96. The maximum absolute atomic E-state index is 14.1. The predicted molar refractivity (Wildman–Crippen MR) is 77.5 cm³/mol. The number of benzene rings is 2. The van der Waals surface area contributed by atoms with Crippen LogP contribution in [0, 0.1) is 11.6 Å². The van der Waals surface area contributed by atoms with Crippen molar-refractivity contribution in [2.24, 2.45) is 0 Å². The second-order valence-electron chi connectivity index (χ2n) is 5.12. The molecule has 2 nitrogen and oxygen atoms in total. The summed E-state index contributed by atoms with van der Waals surface area (Å²) in [5, 5.41) is 3.23. The van der Waals surface area contributed by atoms with Gasteiger partial charge in [0, 0.05) is 12.0 Å². The maximum atomic E-state index is 14.1. The van der Waals surface area contributed by atoms with Gasteiger partial charge in [-0.05, 0) is 41.9 Å². The van der Waals surface area contributed by atoms with Gasteiger partial charge in [-0.2, -0.15) is 0 Å². The summed E-state index contributed by atoms with van der Waals surface area (Å²) in [5.41, 5.74) is 2.37. The van der Waals surface area contributed by atoms with E-state index in [0.717, 1.165) is 29.4 Å². The van der Waals surface area contributed by atoms with E-state index in [-0.39, 0.29) is 6.04 Å². The lowest BCUT2D eigenvalue weighted by Gasteiger charge is -2.20. The number of nitrogens with one attached hydrogen (secondary N) is 1. The molecule has 1 aliphatic rings. The van der Waals surface area contributed by atoms with Gasteiger partial charge in [0.15, 0.2) is 0 Å². The van der Waals surface area contributed by atoms with Crippen molar-refractivity contribution in [3.63, 3.8) is 0 Å². The van der Waals surface area contributed by atoms with Crippen molar-refractivity contribution in [1.82, 2.24) is 5.32 Å². The Balaban J connectivity index is 2.03. The topological polar surface area (TPSA) is 21.3 Å². The molecule has 0 amide bonds. The molecule has 1 unspecified atom stereocenters. The smallest absolute Gasteiger partial charge is 0.128 e. The molecular weight excluding hydrogens is 272 g/mol. The lowest BCUT2D eigenvalue weighted by molar-refractivity contribution is 0.357. The van der Waals surface area contributed by atoms with Crippen molar-refractivity contribution in [3.8, 4) is 5.75 Å². The molecule has 21 heavy (non-hydrogen) atoms. The predicted octanol–water partition coefficient (Wildman–Crippen LogP) is 3.60. The highest BCUT2D eigenvalue weighted by atomic mass is 19.1. The zero-order valence-corrected chi connectivity index (χ0v) is 11.8. The van der Waals surface area contributed by atoms with E-state index < -0.39 is 11.6 Å². The van der Waals surface area contributed by atoms with Gasteiger partial charge in [0.1, 0.15) is 17.4 Å². The van der Waals surface area contributed by atoms with Crippen LogP contribution in [0.1, 0.15) is 29.7 Å². The molecule has 0 fully saturated rings. The van der Waals surface area contributed by atoms with Gasteiger partial charge in [0.2, 0.25) is 0 Å². The molecule has 0 aliphatic carbocycles. The molecule has 0 bridgehead atoms. The van der Waals surface area contributed by atoms with Gasteiger partial charge < -0.3 is 10.1 Å². The molecule has 1 aliphatic heterocycles. The molecule has 0 saturated carbocycles. The van der Waals surface area contributed by atoms with Gasteiger partial charge in [-0.15, -0.1) is 0 Å². The second kappa shape index (κ2) is 5.82. The van der Waals surface area contributed by atoms with Crippen LogP contribution in [0.2, 0.25) is 0 Å². The molecule has 2 aromatic rings. The van der Waals surface area contributed by atoms with E-state index in [1.165, 1.54) is 12.1 Å². The Morgan fingerprint density at radius 2 is 2.05 bits per heavy atom. The Morgan fingerprint density at radius 3 is 2.86 bits per heavy atom. The number of hydrogen-bond acceptors (Lipinski definition) is 2. The molecule has 1 atom stereocenters. The highest BCUT2D eigenvalue weighted by Crippen LogP contribution is 2.31. The number of hydrogen-bond donors (Lipinski definition) is 1. The Morgan fingerprint density at radius 1 is 1.19 bits per heavy atom. The standard InChI is InChI=1S/C17H17F2NO/c1-2-20-17(14-10-13(18)4-5-15(14)19)12-3-6-16-11(9-12)7-8-21-16/h3-6,9-10,17,20H,2,7-8H2,1H3. The van der Waals surface area contributed by atoms with Crippen molar-refractivity contribution in [1.29, 1.82) is 0 Å². The first-order valence-corrected chi connectivity index (χ1v) is 7.13. The van der Waals surface area contributed by atoms with E-state index in [4.69, 9.17) is 4.74 Å². The molecule has 0 saturated heterocycles. The van der Waals surface area contributed by atoms with Crippen molar-refractivity contribution in [3.05, 3.63) is 64.7 Å². The van der Waals surface area contributed by atoms with Crippen LogP contribution < -0.4 is 10.1 Å². The van der Waals surface area contributed by atoms with Crippen LogP contribution >= 0.6 is 0 Å². The van der Waals surface area contributed by atoms with E-state index in [2.05, 4.69) is 5.32 Å². The molecule has 2 aromatic carbocycles. The minimum Gasteiger partial charge on any atom is -0.493 e. The van der Waals surface area contributed by atoms with Gasteiger partial charge in [0.25, 0.3) is 0 Å². The van der Waals surface area contributed by atoms with Gasteiger partial charge in [-0.3, -0.25) is 0 Å². The number of ether oxygens (including phenoxy) is 1. The van der Waals surface area contributed by atoms with E-state index in [0.29, 0.717) is 18.7 Å². The largest absolute Gasteiger partial charge is 0.493 e. The molecule has 3 rings (SSSR count). The van der Waals surface area contributed by atoms with Gasteiger partial charge in [-0.25, -0.2) is 8.78 Å². The molecule has 4 heteroatoms. The third kappa shape index (κ3) is 2.76. The zero-order chi connectivity index (χ0) is 14.8. The quantitative estimate of drug-likeness (QED) is 0.928. The summed E-state index contributed by atoms with van der Waals surface area (Å²) in [6.45, 7) is 3.29. The monoisotopic (exact) mass is 289 g/mol. The third-order valence-electron chi connectivity index (χ3n) is 3.72. The highest BCUT2D eigenvalue weighted by molar-refractivity contribution is 5.43. The fourth-order valence-corrected chi connectivity index (χ4v) is 2.73. The van der Waals surface area contributed by atoms with Gasteiger partial charge in [-0.1, -0.05) is 19.1 Å². The van der Waals surface area contributed by atoms with Crippen molar-refractivity contribution >= 4 is 0 Å². The molecule has 0 aromatic heterocycles. The molecule has 1 N–H and O–H groups in total. The summed E-state index contributed by atoms with van der Waals surface area (Å²) >= 11 is 0. The lowest BCUT2D eigenvalue weighted by Crippen LogP contribution is -2.23. The first-order chi connectivity index (χ1) is 10.2. The summed E-state index contributed by atoms with van der Waals surface area (Å²) < 4.78 is 33.0. The van der Waals surface area contributed by atoms with Crippen molar-refractivity contribution in [2.75, 3.05) is 13.2 Å². The molecule has 0 spiro atoms. The summed E-state index contributed by atoms with van der Waals surface area (Å²) in [4.78, 5) is 0. The van der Waals surface area contributed by atoms with E-state index in [1.54, 1.807) is 0 Å². The number of rotatable bonds is 4. The minimum absolute atomic E-state index is 0.329. The summed E-state index contributed by atoms with van der Waals surface area (Å²) in [7, 11) is 0. The minimum atomic E-state index is -0.432. The fourth-order valence-electron chi connectivity index (χ4n) is 2.73. The maximum Gasteiger partial charge on any atom is 0.128 e. The average Bonchev–Trinajstić information content (AvgIpc) is 2.95. The molecule has 0 radical (unpaired) electrons. The second-order valence-corrected chi connectivity index (χ2v) is 5.12. The first-order valence-electron chi connectivity index (χ1n) is 7.13. The van der Waals surface area contributed by atoms with Crippen LogP contribution in [0.25, 0.3) is 0 Å². The summed E-state index contributed by atoms with van der Waals surface area (Å²) in [6, 6.07) is 9.02. The Labute approximate surface area is 122 Å². The van der Waals surface area contributed by atoms with Gasteiger partial charge >= 0.3 is 0 Å². The Hall–Kier alpha value is -1.94. The van der Waals surface area contributed by atoms with Gasteiger partial charge in [0.05, 0.1) is 12.6 Å². The van der Waals surface area contributed by atoms with Crippen LogP contribution in [0.4, 0.5) is 8.78 Å². The van der Waals surface area contributed by atoms with Crippen LogP contribution in [-0.2, 0) is 6.42 Å². The SMILES string of the molecule is CCNC(c1ccc2c(c1)CCO2)c1cc(F)ccc1F. The average molecular weight is 289 g/mol. The van der Waals surface area contributed by atoms with E-state index in [1.807, 2.05) is 25.1 Å². The van der Waals surface area contributed by atoms with Crippen LogP contribution in [-0.4, -0.2) is 13.2 Å². The van der Waals surface area contributed by atoms with Crippen LogP contribution in [0.15, 0.2) is 36.4 Å². The Bertz CT molecular complexity index is 657. The van der Waals surface area contributed by atoms with Crippen LogP contribution in [0.3, 0.4) is 0 Å². The number of fused-ring (bicyclic) bond motifs is 1. The fraction of sp³-hybridized carbons (Fsp3) is 0.294. The van der Waals surface area contributed by atoms with Crippen LogP contribution in [0.5, 0.6) is 5.75 Å². The molecule has 1 heterocycles. The zero-order valence-electron chi connectivity index (χ0n) is 11.8. The van der Waals surface area contributed by atoms with E-state index in [9.17, 15) is 8.78 Å². The summed E-state index contributed by atoms with van der Waals surface area (Å²) in [5.74, 6) is 0.0478. The summed E-state index contributed by atoms with van der Waals surface area (Å²) in [6.07, 6.45) is 0.855. The van der Waals surface area contributed by atoms with Crippen molar-refractivity contribution < 1.29 is 13.5 Å². The first kappa shape index (κ1) is 14.0. The molecular formula is C17H17F2NO. The Kier molecular flexibility index (Phi) is 3.88. The number of halogens is 2. The van der Waals surface area contributed by atoms with E-state index >= 15 is 0 Å².